The highest BCUT2D eigenvalue weighted by Gasteiger charge is 2.20. The average Bonchev–Trinajstić information content (AvgIpc) is 3.10. The summed E-state index contributed by atoms with van der Waals surface area (Å²) in [7, 11) is 0. The fraction of sp³-hybridized carbons (Fsp3) is 0.333. The van der Waals surface area contributed by atoms with Gasteiger partial charge in [0.15, 0.2) is 0 Å². The Bertz CT molecular complexity index is 800. The lowest BCUT2D eigenvalue weighted by atomic mass is 10.2. The summed E-state index contributed by atoms with van der Waals surface area (Å²) in [5, 5.41) is 0. The zero-order valence-corrected chi connectivity index (χ0v) is 15.9. The number of carbonyl (C=O) groups is 2. The fourth-order valence-electron chi connectivity index (χ4n) is 3.39. The van der Waals surface area contributed by atoms with Gasteiger partial charge >= 0.3 is 0 Å². The maximum Gasteiger partial charge on any atom is 0.269 e. The van der Waals surface area contributed by atoms with Crippen molar-refractivity contribution in [1.29, 1.82) is 0 Å². The summed E-state index contributed by atoms with van der Waals surface area (Å²) in [4.78, 5) is 28.7. The summed E-state index contributed by atoms with van der Waals surface area (Å²) >= 11 is 0. The highest BCUT2D eigenvalue weighted by Crippen LogP contribution is 2.26. The van der Waals surface area contributed by atoms with E-state index in [0.29, 0.717) is 5.56 Å². The van der Waals surface area contributed by atoms with E-state index >= 15 is 0 Å². The Labute approximate surface area is 160 Å². The van der Waals surface area contributed by atoms with E-state index in [0.717, 1.165) is 37.4 Å². The van der Waals surface area contributed by atoms with Crippen molar-refractivity contribution in [3.05, 3.63) is 59.7 Å². The van der Waals surface area contributed by atoms with E-state index in [1.165, 1.54) is 5.56 Å². The number of carbonyl (C=O) groups excluding carboxylic acids is 2. The number of hydrogen-bond donors (Lipinski definition) is 2. The molecule has 6 nitrogen and oxygen atoms in total. The van der Waals surface area contributed by atoms with Crippen LogP contribution in [0.4, 0.5) is 11.4 Å². The molecule has 27 heavy (non-hydrogen) atoms. The van der Waals surface area contributed by atoms with Crippen LogP contribution in [0.1, 0.15) is 29.8 Å². The van der Waals surface area contributed by atoms with Crippen LogP contribution < -0.4 is 20.7 Å². The summed E-state index contributed by atoms with van der Waals surface area (Å²) in [6, 6.07) is 15.5. The largest absolute Gasteiger partial charge is 0.372 e. The van der Waals surface area contributed by atoms with Crippen molar-refractivity contribution >= 4 is 23.2 Å². The van der Waals surface area contributed by atoms with Crippen LogP contribution in [0.5, 0.6) is 0 Å². The number of nitrogens with one attached hydrogen (secondary N) is 2. The molecule has 0 radical (unpaired) electrons. The Hall–Kier alpha value is -3.02. The van der Waals surface area contributed by atoms with Gasteiger partial charge in [0.2, 0.25) is 0 Å². The van der Waals surface area contributed by atoms with Crippen molar-refractivity contribution < 1.29 is 9.59 Å². The molecule has 0 saturated carbocycles. The van der Waals surface area contributed by atoms with Crippen molar-refractivity contribution in [1.82, 2.24) is 10.9 Å². The van der Waals surface area contributed by atoms with Crippen LogP contribution in [0.15, 0.2) is 48.5 Å². The predicted octanol–water partition coefficient (Wildman–Crippen LogP) is 2.36. The van der Waals surface area contributed by atoms with Gasteiger partial charge in [-0.1, -0.05) is 18.2 Å². The van der Waals surface area contributed by atoms with Gasteiger partial charge in [-0.15, -0.1) is 0 Å². The van der Waals surface area contributed by atoms with E-state index in [-0.39, 0.29) is 18.4 Å². The van der Waals surface area contributed by atoms with Gasteiger partial charge in [-0.05, 0) is 56.2 Å². The molecule has 2 aromatic carbocycles. The van der Waals surface area contributed by atoms with E-state index in [2.05, 4.69) is 35.7 Å². The third kappa shape index (κ3) is 4.39. The Balaban J connectivity index is 1.51. The predicted molar refractivity (Wildman–Crippen MR) is 108 cm³/mol. The van der Waals surface area contributed by atoms with E-state index in [9.17, 15) is 9.59 Å². The minimum Gasteiger partial charge on any atom is -0.372 e. The summed E-state index contributed by atoms with van der Waals surface area (Å²) in [5.41, 5.74) is 8.93. The van der Waals surface area contributed by atoms with Crippen molar-refractivity contribution in [2.45, 2.75) is 20.3 Å². The summed E-state index contributed by atoms with van der Waals surface area (Å²) < 4.78 is 0. The molecule has 2 N–H and O–H groups in total. The first-order valence-electron chi connectivity index (χ1n) is 9.39. The molecule has 0 saturated heterocycles. The molecular weight excluding hydrogens is 340 g/mol. The number of hydrogen-bond acceptors (Lipinski definition) is 4. The van der Waals surface area contributed by atoms with Gasteiger partial charge in [0.05, 0.1) is 6.54 Å². The van der Waals surface area contributed by atoms with E-state index in [4.69, 9.17) is 0 Å². The Morgan fingerprint density at radius 3 is 2.41 bits per heavy atom. The Morgan fingerprint density at radius 1 is 1.00 bits per heavy atom. The first kappa shape index (κ1) is 18.8. The van der Waals surface area contributed by atoms with Crippen LogP contribution in [0.3, 0.4) is 0 Å². The molecule has 3 rings (SSSR count). The smallest absolute Gasteiger partial charge is 0.269 e. The molecule has 142 valence electrons. The first-order valence-corrected chi connectivity index (χ1v) is 9.39. The minimum absolute atomic E-state index is 0.220. The molecule has 2 aromatic rings. The third-order valence-electron chi connectivity index (χ3n) is 4.89. The van der Waals surface area contributed by atoms with Crippen LogP contribution in [-0.2, 0) is 11.2 Å². The summed E-state index contributed by atoms with van der Waals surface area (Å²) in [6.07, 6.45) is 0.939. The lowest BCUT2D eigenvalue weighted by Crippen LogP contribution is -2.46. The standard InChI is InChI=1S/C21H26N4O2/c1-3-24(4-2)18-11-9-17(10-12-18)21(27)23-22-20(26)15-25-14-13-16-7-5-6-8-19(16)25/h5-12H,3-4,13-15H2,1-2H3,(H,22,26)(H,23,27). The van der Waals surface area contributed by atoms with E-state index in [1.54, 1.807) is 12.1 Å². The number of amides is 2. The van der Waals surface area contributed by atoms with Crippen LogP contribution in [0.2, 0.25) is 0 Å². The van der Waals surface area contributed by atoms with Crippen molar-refractivity contribution in [3.63, 3.8) is 0 Å². The average molecular weight is 366 g/mol. The molecule has 0 unspecified atom stereocenters. The monoisotopic (exact) mass is 366 g/mol. The molecule has 6 heteroatoms. The second kappa shape index (κ2) is 8.58. The lowest BCUT2D eigenvalue weighted by molar-refractivity contribution is -0.120. The first-order chi connectivity index (χ1) is 13.1. The molecule has 0 aliphatic carbocycles. The molecule has 1 aliphatic rings. The van der Waals surface area contributed by atoms with Crippen molar-refractivity contribution in [2.24, 2.45) is 0 Å². The van der Waals surface area contributed by atoms with E-state index in [1.807, 2.05) is 35.2 Å². The van der Waals surface area contributed by atoms with Crippen LogP contribution in [-0.4, -0.2) is 38.0 Å². The number of para-hydroxylation sites is 1. The van der Waals surface area contributed by atoms with Crippen molar-refractivity contribution in [2.75, 3.05) is 36.0 Å². The Kier molecular flexibility index (Phi) is 5.96. The minimum atomic E-state index is -0.323. The summed E-state index contributed by atoms with van der Waals surface area (Å²) in [5.74, 6) is -0.559. The number of benzene rings is 2. The number of anilines is 2. The van der Waals surface area contributed by atoms with Crippen LogP contribution in [0.25, 0.3) is 0 Å². The molecular formula is C21H26N4O2. The van der Waals surface area contributed by atoms with Gasteiger partial charge < -0.3 is 9.80 Å². The topological polar surface area (TPSA) is 64.7 Å². The molecule has 1 aliphatic heterocycles. The maximum absolute atomic E-state index is 12.3. The van der Waals surface area contributed by atoms with Crippen LogP contribution in [0, 0.1) is 0 Å². The SMILES string of the molecule is CCN(CC)c1ccc(C(=O)NNC(=O)CN2CCc3ccccc32)cc1. The van der Waals surface area contributed by atoms with Gasteiger partial charge in [-0.3, -0.25) is 20.4 Å². The fourth-order valence-corrected chi connectivity index (χ4v) is 3.39. The summed E-state index contributed by atoms with van der Waals surface area (Å²) in [6.45, 7) is 7.05. The molecule has 1 heterocycles. The quantitative estimate of drug-likeness (QED) is 0.771. The number of fused-ring (bicyclic) bond motifs is 1. The molecule has 0 bridgehead atoms. The molecule has 0 fully saturated rings. The third-order valence-corrected chi connectivity index (χ3v) is 4.89. The van der Waals surface area contributed by atoms with Crippen molar-refractivity contribution in [3.8, 4) is 0 Å². The second-order valence-corrected chi connectivity index (χ2v) is 6.52. The van der Waals surface area contributed by atoms with E-state index < -0.39 is 0 Å². The van der Waals surface area contributed by atoms with Gasteiger partial charge in [0.25, 0.3) is 11.8 Å². The Morgan fingerprint density at radius 2 is 1.70 bits per heavy atom. The molecule has 2 amide bonds. The highest BCUT2D eigenvalue weighted by atomic mass is 16.2. The number of nitrogens with zero attached hydrogens (tertiary/aromatic N) is 2. The van der Waals surface area contributed by atoms with Gasteiger partial charge in [0, 0.05) is 36.6 Å². The number of hydrazine groups is 1. The second-order valence-electron chi connectivity index (χ2n) is 6.52. The van der Waals surface area contributed by atoms with Gasteiger partial charge in [-0.2, -0.15) is 0 Å². The lowest BCUT2D eigenvalue weighted by Gasteiger charge is -2.21. The van der Waals surface area contributed by atoms with Gasteiger partial charge in [-0.25, -0.2) is 0 Å². The zero-order chi connectivity index (χ0) is 19.2. The molecule has 0 aromatic heterocycles. The normalized spacial score (nSPS) is 12.4. The molecule has 0 atom stereocenters. The zero-order valence-electron chi connectivity index (χ0n) is 15.9. The number of rotatable bonds is 6. The van der Waals surface area contributed by atoms with Crippen LogP contribution >= 0.6 is 0 Å². The highest BCUT2D eigenvalue weighted by molar-refractivity contribution is 5.96. The van der Waals surface area contributed by atoms with Gasteiger partial charge in [0.1, 0.15) is 0 Å². The maximum atomic E-state index is 12.3. The molecule has 0 spiro atoms.